The van der Waals surface area contributed by atoms with Crippen molar-refractivity contribution in [2.45, 2.75) is 32.9 Å². The van der Waals surface area contributed by atoms with E-state index in [1.165, 1.54) is 0 Å². The van der Waals surface area contributed by atoms with Crippen molar-refractivity contribution in [3.63, 3.8) is 0 Å². The van der Waals surface area contributed by atoms with Crippen LogP contribution >= 0.6 is 0 Å². The Morgan fingerprint density at radius 2 is 2.04 bits per heavy atom. The highest BCUT2D eigenvalue weighted by Gasteiger charge is 2.21. The molecular weight excluding hydrogens is 342 g/mol. The van der Waals surface area contributed by atoms with Crippen LogP contribution in [0, 0.1) is 12.8 Å². The zero-order chi connectivity index (χ0) is 18.6. The van der Waals surface area contributed by atoms with E-state index in [4.69, 9.17) is 0 Å². The Morgan fingerprint density at radius 3 is 2.78 bits per heavy atom. The second-order valence-electron chi connectivity index (χ2n) is 7.03. The lowest BCUT2D eigenvalue weighted by Crippen LogP contribution is -2.36. The molecule has 0 spiro atoms. The highest BCUT2D eigenvalue weighted by Crippen LogP contribution is 2.19. The first-order valence-electron chi connectivity index (χ1n) is 9.25. The van der Waals surface area contributed by atoms with Gasteiger partial charge in [0.05, 0.1) is 11.4 Å². The molecule has 0 radical (unpaired) electrons. The van der Waals surface area contributed by atoms with Gasteiger partial charge in [0.25, 0.3) is 5.56 Å². The average molecular weight is 365 g/mol. The van der Waals surface area contributed by atoms with Gasteiger partial charge >= 0.3 is 0 Å². The van der Waals surface area contributed by atoms with Crippen molar-refractivity contribution in [3.8, 4) is 5.82 Å². The van der Waals surface area contributed by atoms with Crippen molar-refractivity contribution < 1.29 is 0 Å². The van der Waals surface area contributed by atoms with Crippen molar-refractivity contribution in [1.29, 1.82) is 0 Å². The third-order valence-corrected chi connectivity index (χ3v) is 4.92. The maximum absolute atomic E-state index is 12.2. The quantitative estimate of drug-likeness (QED) is 0.680. The van der Waals surface area contributed by atoms with Crippen LogP contribution in [-0.2, 0) is 13.1 Å². The number of aromatic nitrogens is 6. The minimum atomic E-state index is -0.0663. The van der Waals surface area contributed by atoms with Crippen molar-refractivity contribution >= 4 is 0 Å². The third-order valence-electron chi connectivity index (χ3n) is 4.92. The van der Waals surface area contributed by atoms with Gasteiger partial charge in [-0.1, -0.05) is 0 Å². The van der Waals surface area contributed by atoms with Crippen molar-refractivity contribution in [2.75, 3.05) is 13.1 Å². The van der Waals surface area contributed by atoms with Crippen LogP contribution in [0.1, 0.15) is 24.2 Å². The summed E-state index contributed by atoms with van der Waals surface area (Å²) in [4.78, 5) is 23.3. The van der Waals surface area contributed by atoms with Crippen LogP contribution < -0.4 is 5.56 Å². The normalized spacial score (nSPS) is 15.9. The van der Waals surface area contributed by atoms with Gasteiger partial charge < -0.3 is 0 Å². The molecule has 0 saturated carbocycles. The third kappa shape index (κ3) is 4.28. The number of piperidine rings is 1. The van der Waals surface area contributed by atoms with Gasteiger partial charge in [-0.15, -0.1) is 5.10 Å². The predicted molar refractivity (Wildman–Crippen MR) is 100 cm³/mol. The Labute approximate surface area is 157 Å². The number of hydrogen-bond donors (Lipinski definition) is 0. The molecule has 3 aromatic rings. The number of hydrogen-bond acceptors (Lipinski definition) is 6. The Bertz CT molecular complexity index is 943. The summed E-state index contributed by atoms with van der Waals surface area (Å²) in [6.45, 7) is 5.42. The standard InChI is InChI=1S/C19H23N7O/c1-15-11-20-12-17(22-15)14-24-9-5-16(6-10-24)13-26-19(27)4-3-18(23-26)25-8-2-7-21-25/h2-4,7-8,11-12,16H,5-6,9-10,13-14H2,1H3. The molecule has 0 atom stereocenters. The molecule has 8 heteroatoms. The molecule has 0 amide bonds. The van der Waals surface area contributed by atoms with Gasteiger partial charge in [-0.2, -0.15) is 5.10 Å². The molecule has 140 valence electrons. The topological polar surface area (TPSA) is 81.7 Å². The Kier molecular flexibility index (Phi) is 5.06. The lowest BCUT2D eigenvalue weighted by Gasteiger charge is -2.31. The summed E-state index contributed by atoms with van der Waals surface area (Å²) < 4.78 is 3.24. The van der Waals surface area contributed by atoms with Crippen LogP contribution in [0.4, 0.5) is 0 Å². The zero-order valence-electron chi connectivity index (χ0n) is 15.4. The molecule has 3 aromatic heterocycles. The number of nitrogens with zero attached hydrogens (tertiary/aromatic N) is 7. The summed E-state index contributed by atoms with van der Waals surface area (Å²) in [5, 5.41) is 8.66. The van der Waals surface area contributed by atoms with Crippen molar-refractivity contribution in [2.24, 2.45) is 5.92 Å². The Morgan fingerprint density at radius 1 is 1.19 bits per heavy atom. The molecule has 4 heterocycles. The summed E-state index contributed by atoms with van der Waals surface area (Å²) in [6, 6.07) is 5.11. The van der Waals surface area contributed by atoms with Crippen LogP contribution in [0.3, 0.4) is 0 Å². The van der Waals surface area contributed by atoms with Gasteiger partial charge in [-0.25, -0.2) is 9.36 Å². The van der Waals surface area contributed by atoms with Crippen LogP contribution in [0.5, 0.6) is 0 Å². The van der Waals surface area contributed by atoms with Crippen LogP contribution in [-0.4, -0.2) is 47.5 Å². The largest absolute Gasteiger partial charge is 0.297 e. The van der Waals surface area contributed by atoms with E-state index < -0.39 is 0 Å². The molecule has 1 aliphatic heterocycles. The summed E-state index contributed by atoms with van der Waals surface area (Å²) in [5.74, 6) is 1.11. The predicted octanol–water partition coefficient (Wildman–Crippen LogP) is 1.44. The zero-order valence-corrected chi connectivity index (χ0v) is 15.4. The summed E-state index contributed by atoms with van der Waals surface area (Å²) >= 11 is 0. The van der Waals surface area contributed by atoms with Gasteiger partial charge in [-0.05, 0) is 50.9 Å². The van der Waals surface area contributed by atoms with E-state index in [-0.39, 0.29) is 5.56 Å². The van der Waals surface area contributed by atoms with Gasteiger partial charge in [0.2, 0.25) is 0 Å². The van der Waals surface area contributed by atoms with E-state index in [1.807, 2.05) is 25.4 Å². The molecule has 4 rings (SSSR count). The maximum atomic E-state index is 12.2. The van der Waals surface area contributed by atoms with E-state index in [0.717, 1.165) is 43.9 Å². The highest BCUT2D eigenvalue weighted by molar-refractivity contribution is 5.17. The van der Waals surface area contributed by atoms with Crippen LogP contribution in [0.15, 0.2) is 47.8 Å². The lowest BCUT2D eigenvalue weighted by atomic mass is 9.97. The highest BCUT2D eigenvalue weighted by atomic mass is 16.1. The molecular formula is C19H23N7O. The number of rotatable bonds is 5. The Balaban J connectivity index is 1.37. The van der Waals surface area contributed by atoms with Crippen molar-refractivity contribution in [1.82, 2.24) is 34.4 Å². The first-order valence-corrected chi connectivity index (χ1v) is 9.25. The molecule has 0 N–H and O–H groups in total. The van der Waals surface area contributed by atoms with Crippen LogP contribution in [0.2, 0.25) is 0 Å². The molecule has 0 unspecified atom stereocenters. The first kappa shape index (κ1) is 17.5. The smallest absolute Gasteiger partial charge is 0.266 e. The van der Waals surface area contributed by atoms with E-state index in [2.05, 4.69) is 25.1 Å². The molecule has 1 fully saturated rings. The Hall–Kier alpha value is -2.87. The second-order valence-corrected chi connectivity index (χ2v) is 7.03. The summed E-state index contributed by atoms with van der Waals surface area (Å²) in [6.07, 6.45) is 9.22. The molecule has 0 bridgehead atoms. The van der Waals surface area contributed by atoms with E-state index in [9.17, 15) is 4.79 Å². The van der Waals surface area contributed by atoms with Gasteiger partial charge in [0.15, 0.2) is 5.82 Å². The number of aryl methyl sites for hydroxylation is 1. The van der Waals surface area contributed by atoms with Gasteiger partial charge in [-0.3, -0.25) is 19.7 Å². The SMILES string of the molecule is Cc1cncc(CN2CCC(Cn3nc(-n4cccn4)ccc3=O)CC2)n1. The molecule has 27 heavy (non-hydrogen) atoms. The minimum absolute atomic E-state index is 0.0663. The minimum Gasteiger partial charge on any atom is -0.297 e. The van der Waals surface area contributed by atoms with Gasteiger partial charge in [0.1, 0.15) is 0 Å². The van der Waals surface area contributed by atoms with E-state index in [0.29, 0.717) is 18.3 Å². The molecule has 0 aromatic carbocycles. The lowest BCUT2D eigenvalue weighted by molar-refractivity contribution is 0.161. The van der Waals surface area contributed by atoms with Crippen molar-refractivity contribution in [3.05, 3.63) is 64.7 Å². The molecule has 8 nitrogen and oxygen atoms in total. The second kappa shape index (κ2) is 7.79. The fourth-order valence-electron chi connectivity index (χ4n) is 3.49. The number of likely N-dealkylation sites (tertiary alicyclic amines) is 1. The maximum Gasteiger partial charge on any atom is 0.266 e. The van der Waals surface area contributed by atoms with Gasteiger partial charge in [0, 0.05) is 43.9 Å². The fourth-order valence-corrected chi connectivity index (χ4v) is 3.49. The molecule has 0 aliphatic carbocycles. The van der Waals surface area contributed by atoms with E-state index >= 15 is 0 Å². The average Bonchev–Trinajstić information content (AvgIpc) is 3.20. The van der Waals surface area contributed by atoms with Crippen LogP contribution in [0.25, 0.3) is 5.82 Å². The molecule has 1 aliphatic rings. The van der Waals surface area contributed by atoms with E-state index in [1.54, 1.807) is 33.9 Å². The fraction of sp³-hybridized carbons (Fsp3) is 0.421. The first-order chi connectivity index (χ1) is 13.2. The summed E-state index contributed by atoms with van der Waals surface area (Å²) in [7, 11) is 0. The monoisotopic (exact) mass is 365 g/mol. The molecule has 1 saturated heterocycles. The summed E-state index contributed by atoms with van der Waals surface area (Å²) in [5.41, 5.74) is 1.89.